The van der Waals surface area contributed by atoms with Crippen LogP contribution in [0.2, 0.25) is 0 Å². The van der Waals surface area contributed by atoms with Crippen LogP contribution in [0.1, 0.15) is 89.0 Å². The fraction of sp³-hybridized carbons (Fsp3) is 0.559. The van der Waals surface area contributed by atoms with E-state index in [1.54, 1.807) is 0 Å². The number of nitrogens with zero attached hydrogens (tertiary/aromatic N) is 1. The zero-order valence-electron chi connectivity index (χ0n) is 25.9. The molecule has 39 heavy (non-hydrogen) atoms. The maximum absolute atomic E-state index is 13.7. The number of esters is 1. The van der Waals surface area contributed by atoms with Crippen molar-refractivity contribution >= 4 is 29.5 Å². The highest BCUT2D eigenvalue weighted by molar-refractivity contribution is 7.81. The van der Waals surface area contributed by atoms with E-state index in [0.717, 1.165) is 24.2 Å². The van der Waals surface area contributed by atoms with Crippen molar-refractivity contribution in [3.8, 4) is 17.0 Å². The quantitative estimate of drug-likeness (QED) is 0.163. The van der Waals surface area contributed by atoms with Gasteiger partial charge in [0.1, 0.15) is 11.4 Å². The number of aromatic nitrogens is 1. The van der Waals surface area contributed by atoms with Crippen LogP contribution in [0.25, 0.3) is 22.2 Å². The van der Waals surface area contributed by atoms with Crippen molar-refractivity contribution in [3.63, 3.8) is 0 Å². The van der Waals surface area contributed by atoms with Crippen molar-refractivity contribution in [3.05, 3.63) is 54.6 Å². The second-order valence-electron chi connectivity index (χ2n) is 14.3. The van der Waals surface area contributed by atoms with Crippen LogP contribution in [-0.2, 0) is 16.1 Å². The van der Waals surface area contributed by atoms with Crippen molar-refractivity contribution in [2.45, 2.75) is 106 Å². The molecule has 0 radical (unpaired) electrons. The van der Waals surface area contributed by atoms with Gasteiger partial charge in [0.05, 0.1) is 10.9 Å². The largest absolute Gasteiger partial charge is 0.477 e. The first-order valence-corrected chi connectivity index (χ1v) is 14.6. The number of ether oxygens (including phenoxy) is 2. The third-order valence-electron chi connectivity index (χ3n) is 7.71. The molecule has 4 nitrogen and oxygen atoms in total. The number of benzene rings is 2. The van der Waals surface area contributed by atoms with Crippen LogP contribution < -0.4 is 4.74 Å². The number of hydrogen-bond donors (Lipinski definition) is 1. The van der Waals surface area contributed by atoms with E-state index in [-0.39, 0.29) is 16.8 Å². The molecule has 0 amide bonds. The predicted octanol–water partition coefficient (Wildman–Crippen LogP) is 9.55. The molecule has 0 spiro atoms. The molecule has 0 fully saturated rings. The minimum Gasteiger partial charge on any atom is -0.477 e. The zero-order chi connectivity index (χ0) is 29.4. The molecule has 0 aliphatic rings. The molecule has 3 rings (SSSR count). The first kappa shape index (κ1) is 31.1. The summed E-state index contributed by atoms with van der Waals surface area (Å²) in [5.74, 6) is 0.566. The second kappa shape index (κ2) is 10.9. The maximum atomic E-state index is 13.7. The van der Waals surface area contributed by atoms with Gasteiger partial charge in [-0.1, -0.05) is 71.9 Å². The molecule has 2 aromatic carbocycles. The summed E-state index contributed by atoms with van der Waals surface area (Å²) in [5.41, 5.74) is 1.82. The van der Waals surface area contributed by atoms with Crippen molar-refractivity contribution < 1.29 is 14.3 Å². The monoisotopic (exact) mass is 551 g/mol. The van der Waals surface area contributed by atoms with E-state index in [2.05, 4.69) is 95.5 Å². The maximum Gasteiger partial charge on any atom is 0.312 e. The van der Waals surface area contributed by atoms with Crippen molar-refractivity contribution in [1.82, 2.24) is 4.57 Å². The van der Waals surface area contributed by atoms with Crippen LogP contribution in [0.5, 0.6) is 5.75 Å². The minimum atomic E-state index is -0.856. The average molecular weight is 552 g/mol. The van der Waals surface area contributed by atoms with E-state index in [4.69, 9.17) is 22.1 Å². The highest BCUT2D eigenvalue weighted by Gasteiger charge is 2.49. The van der Waals surface area contributed by atoms with Gasteiger partial charge in [-0.05, 0) is 75.6 Å². The predicted molar refractivity (Wildman–Crippen MR) is 167 cm³/mol. The smallest absolute Gasteiger partial charge is 0.312 e. The third kappa shape index (κ3) is 7.42. The van der Waals surface area contributed by atoms with Crippen LogP contribution in [0.3, 0.4) is 0 Å². The van der Waals surface area contributed by atoms with E-state index in [9.17, 15) is 4.79 Å². The lowest BCUT2D eigenvalue weighted by atomic mass is 9.61. The average Bonchev–Trinajstić information content (AvgIpc) is 3.14. The standard InChI is InChI=1S/C34H49NO3S/c1-12-35-27(24-16-14-13-15-17-24)20-25-18-19-26(21-28(25)35)37-34(11,39)23-32(8,9)38-29(36)33(10,31(5,6)7)22-30(2,3)4/h13-21,39H,12,22-23H2,1-11H3. The highest BCUT2D eigenvalue weighted by Crippen LogP contribution is 2.48. The Kier molecular flexibility index (Phi) is 8.68. The fourth-order valence-corrected chi connectivity index (χ4v) is 6.16. The Morgan fingerprint density at radius 3 is 2.00 bits per heavy atom. The number of hydrogen-bond acceptors (Lipinski definition) is 4. The molecule has 214 valence electrons. The van der Waals surface area contributed by atoms with E-state index < -0.39 is 15.9 Å². The summed E-state index contributed by atoms with van der Waals surface area (Å²) in [5, 5.41) is 1.17. The number of fused-ring (bicyclic) bond motifs is 1. The molecule has 0 saturated carbocycles. The molecule has 0 N–H and O–H groups in total. The van der Waals surface area contributed by atoms with Crippen molar-refractivity contribution in [2.75, 3.05) is 0 Å². The Morgan fingerprint density at radius 2 is 1.46 bits per heavy atom. The topological polar surface area (TPSA) is 40.5 Å². The molecule has 0 bridgehead atoms. The number of aryl methyl sites for hydroxylation is 1. The van der Waals surface area contributed by atoms with Crippen LogP contribution in [0.4, 0.5) is 0 Å². The molecule has 0 saturated heterocycles. The van der Waals surface area contributed by atoms with Gasteiger partial charge in [-0.2, -0.15) is 0 Å². The molecule has 5 heteroatoms. The number of carbonyl (C=O) groups is 1. The van der Waals surface area contributed by atoms with Crippen molar-refractivity contribution in [1.29, 1.82) is 0 Å². The molecule has 0 aliphatic carbocycles. The molecule has 1 aromatic heterocycles. The summed E-state index contributed by atoms with van der Waals surface area (Å²) in [4.78, 5) is 12.8. The van der Waals surface area contributed by atoms with Gasteiger partial charge in [0, 0.05) is 30.1 Å². The van der Waals surface area contributed by atoms with Gasteiger partial charge in [-0.3, -0.25) is 4.79 Å². The highest BCUT2D eigenvalue weighted by atomic mass is 32.1. The molecule has 3 aromatic rings. The number of thiol groups is 1. The SMILES string of the molecule is CCn1c(-c2ccccc2)cc2ccc(OC(C)(S)CC(C)(C)OC(=O)C(C)(CC(C)(C)C)C(C)(C)C)cc21. The van der Waals surface area contributed by atoms with Gasteiger partial charge < -0.3 is 14.0 Å². The normalized spacial score (nSPS) is 16.0. The van der Waals surface area contributed by atoms with E-state index in [1.165, 1.54) is 16.6 Å². The van der Waals surface area contributed by atoms with Gasteiger partial charge in [0.25, 0.3) is 0 Å². The lowest BCUT2D eigenvalue weighted by Crippen LogP contribution is -2.48. The first-order valence-electron chi connectivity index (χ1n) is 14.1. The molecule has 1 heterocycles. The van der Waals surface area contributed by atoms with Gasteiger partial charge >= 0.3 is 5.97 Å². The molecule has 2 atom stereocenters. The lowest BCUT2D eigenvalue weighted by Gasteiger charge is -2.45. The summed E-state index contributed by atoms with van der Waals surface area (Å²) in [6.07, 6.45) is 1.15. The lowest BCUT2D eigenvalue weighted by molar-refractivity contribution is -0.180. The Bertz CT molecular complexity index is 1290. The van der Waals surface area contributed by atoms with Gasteiger partial charge in [0.15, 0.2) is 4.93 Å². The molecular formula is C34H49NO3S. The minimum absolute atomic E-state index is 0.0124. The summed E-state index contributed by atoms with van der Waals surface area (Å²) >= 11 is 4.90. The van der Waals surface area contributed by atoms with E-state index >= 15 is 0 Å². The summed E-state index contributed by atoms with van der Waals surface area (Å²) < 4.78 is 15.0. The third-order valence-corrected chi connectivity index (χ3v) is 7.96. The summed E-state index contributed by atoms with van der Waals surface area (Å²) in [7, 11) is 0. The van der Waals surface area contributed by atoms with Crippen molar-refractivity contribution in [2.24, 2.45) is 16.2 Å². The first-order chi connectivity index (χ1) is 17.8. The van der Waals surface area contributed by atoms with Gasteiger partial charge in [-0.25, -0.2) is 0 Å². The summed E-state index contributed by atoms with van der Waals surface area (Å²) in [6.45, 7) is 23.7. The van der Waals surface area contributed by atoms with Crippen LogP contribution in [-0.4, -0.2) is 21.1 Å². The number of carbonyl (C=O) groups excluding carboxylic acids is 1. The van der Waals surface area contributed by atoms with E-state index in [1.807, 2.05) is 39.8 Å². The fourth-order valence-electron chi connectivity index (χ4n) is 5.67. The second-order valence-corrected chi connectivity index (χ2v) is 15.2. The molecule has 0 aliphatic heterocycles. The molecular weight excluding hydrogens is 502 g/mol. The van der Waals surface area contributed by atoms with Crippen LogP contribution in [0, 0.1) is 16.2 Å². The van der Waals surface area contributed by atoms with Gasteiger partial charge in [-0.15, -0.1) is 12.6 Å². The Hall–Kier alpha value is -2.40. The Balaban J connectivity index is 1.82. The Labute approximate surface area is 241 Å². The van der Waals surface area contributed by atoms with Crippen LogP contribution in [0.15, 0.2) is 54.6 Å². The van der Waals surface area contributed by atoms with Gasteiger partial charge in [0.2, 0.25) is 0 Å². The molecule has 2 unspecified atom stereocenters. The number of rotatable bonds is 9. The van der Waals surface area contributed by atoms with Crippen LogP contribution >= 0.6 is 12.6 Å². The zero-order valence-corrected chi connectivity index (χ0v) is 26.8. The summed E-state index contributed by atoms with van der Waals surface area (Å²) in [6, 6.07) is 18.8. The van der Waals surface area contributed by atoms with E-state index in [0.29, 0.717) is 6.42 Å². The Morgan fingerprint density at radius 1 is 0.846 bits per heavy atom.